The number of piperidine rings is 1. The second-order valence-electron chi connectivity index (χ2n) is 4.08. The maximum absolute atomic E-state index is 10.8. The summed E-state index contributed by atoms with van der Waals surface area (Å²) in [6.45, 7) is 2.06. The van der Waals surface area contributed by atoms with Crippen LogP contribution in [0.1, 0.15) is 34.7 Å². The lowest BCUT2D eigenvalue weighted by molar-refractivity contribution is 0.0697. The molecule has 2 rings (SSSR count). The van der Waals surface area contributed by atoms with Gasteiger partial charge in [-0.25, -0.2) is 4.79 Å². The maximum atomic E-state index is 10.8. The highest BCUT2D eigenvalue weighted by Crippen LogP contribution is 2.30. The standard InChI is InChI=1S/C12H14BrNO2/c13-11-6-8(12(15)16)3-4-10(11)9-2-1-5-14-7-9/h3-4,6,9,14H,1-2,5,7H2,(H,15,16). The molecule has 16 heavy (non-hydrogen) atoms. The smallest absolute Gasteiger partial charge is 0.335 e. The zero-order chi connectivity index (χ0) is 11.5. The minimum atomic E-state index is -0.881. The largest absolute Gasteiger partial charge is 0.478 e. The lowest BCUT2D eigenvalue weighted by Crippen LogP contribution is -2.28. The fourth-order valence-electron chi connectivity index (χ4n) is 2.11. The van der Waals surface area contributed by atoms with Crippen LogP contribution in [0.25, 0.3) is 0 Å². The summed E-state index contributed by atoms with van der Waals surface area (Å²) < 4.78 is 0.904. The average Bonchev–Trinajstić information content (AvgIpc) is 2.30. The van der Waals surface area contributed by atoms with Crippen molar-refractivity contribution in [2.75, 3.05) is 13.1 Å². The summed E-state index contributed by atoms with van der Waals surface area (Å²) in [7, 11) is 0. The summed E-state index contributed by atoms with van der Waals surface area (Å²) in [5.74, 6) is -0.389. The number of benzene rings is 1. The van der Waals surface area contributed by atoms with Gasteiger partial charge in [-0.05, 0) is 43.0 Å². The van der Waals surface area contributed by atoms with E-state index in [1.807, 2.05) is 6.07 Å². The molecule has 1 aromatic carbocycles. The number of hydrogen-bond donors (Lipinski definition) is 2. The minimum absolute atomic E-state index is 0.333. The molecule has 4 heteroatoms. The van der Waals surface area contributed by atoms with Crippen LogP contribution in [0.15, 0.2) is 22.7 Å². The number of nitrogens with one attached hydrogen (secondary N) is 1. The number of aromatic carboxylic acids is 1. The molecule has 1 unspecified atom stereocenters. The fraction of sp³-hybridized carbons (Fsp3) is 0.417. The Morgan fingerprint density at radius 3 is 2.88 bits per heavy atom. The number of carboxylic acid groups (broad SMARTS) is 1. The van der Waals surface area contributed by atoms with Crippen molar-refractivity contribution in [2.45, 2.75) is 18.8 Å². The Morgan fingerprint density at radius 2 is 2.31 bits per heavy atom. The molecule has 1 aromatic rings. The molecule has 86 valence electrons. The monoisotopic (exact) mass is 283 g/mol. The van der Waals surface area contributed by atoms with E-state index in [9.17, 15) is 4.79 Å². The van der Waals surface area contributed by atoms with E-state index >= 15 is 0 Å². The van der Waals surface area contributed by atoms with Crippen molar-refractivity contribution in [3.05, 3.63) is 33.8 Å². The molecule has 0 spiro atoms. The van der Waals surface area contributed by atoms with E-state index in [1.165, 1.54) is 12.0 Å². The summed E-state index contributed by atoms with van der Waals surface area (Å²) in [5, 5.41) is 12.2. The van der Waals surface area contributed by atoms with Gasteiger partial charge >= 0.3 is 5.97 Å². The van der Waals surface area contributed by atoms with Gasteiger partial charge in [-0.2, -0.15) is 0 Å². The Labute approximate surface area is 103 Å². The molecule has 1 atom stereocenters. The maximum Gasteiger partial charge on any atom is 0.335 e. The van der Waals surface area contributed by atoms with Gasteiger partial charge in [-0.1, -0.05) is 22.0 Å². The van der Waals surface area contributed by atoms with Crippen LogP contribution < -0.4 is 5.32 Å². The Kier molecular flexibility index (Phi) is 3.61. The highest BCUT2D eigenvalue weighted by molar-refractivity contribution is 9.10. The van der Waals surface area contributed by atoms with Crippen LogP contribution in [0.3, 0.4) is 0 Å². The van der Waals surface area contributed by atoms with Crippen LogP contribution in [0.4, 0.5) is 0 Å². The number of rotatable bonds is 2. The SMILES string of the molecule is O=C(O)c1ccc(C2CCCNC2)c(Br)c1. The van der Waals surface area contributed by atoms with Crippen LogP contribution in [0.2, 0.25) is 0 Å². The Hall–Kier alpha value is -0.870. The van der Waals surface area contributed by atoms with Crippen molar-refractivity contribution in [1.82, 2.24) is 5.32 Å². The molecule has 1 fully saturated rings. The highest BCUT2D eigenvalue weighted by Gasteiger charge is 2.18. The van der Waals surface area contributed by atoms with E-state index in [0.717, 1.165) is 24.0 Å². The zero-order valence-electron chi connectivity index (χ0n) is 8.87. The topological polar surface area (TPSA) is 49.3 Å². The second-order valence-corrected chi connectivity index (χ2v) is 4.94. The van der Waals surface area contributed by atoms with Crippen LogP contribution in [0.5, 0.6) is 0 Å². The normalized spacial score (nSPS) is 20.7. The van der Waals surface area contributed by atoms with Gasteiger partial charge in [-0.3, -0.25) is 0 Å². The summed E-state index contributed by atoms with van der Waals surface area (Å²) in [6, 6.07) is 5.29. The predicted molar refractivity (Wildman–Crippen MR) is 65.9 cm³/mol. The third-order valence-corrected chi connectivity index (χ3v) is 3.67. The van der Waals surface area contributed by atoms with E-state index in [2.05, 4.69) is 21.2 Å². The summed E-state index contributed by atoms with van der Waals surface area (Å²) in [5.41, 5.74) is 1.54. The molecule has 0 aliphatic carbocycles. The Bertz CT molecular complexity index is 400. The van der Waals surface area contributed by atoms with Gasteiger partial charge < -0.3 is 10.4 Å². The van der Waals surface area contributed by atoms with E-state index in [0.29, 0.717) is 11.5 Å². The average molecular weight is 284 g/mol. The molecular formula is C12H14BrNO2. The van der Waals surface area contributed by atoms with Crippen molar-refractivity contribution in [2.24, 2.45) is 0 Å². The third-order valence-electron chi connectivity index (χ3n) is 2.98. The van der Waals surface area contributed by atoms with E-state index in [4.69, 9.17) is 5.11 Å². The van der Waals surface area contributed by atoms with Gasteiger partial charge in [0.15, 0.2) is 0 Å². The van der Waals surface area contributed by atoms with Gasteiger partial charge in [0.1, 0.15) is 0 Å². The molecule has 1 saturated heterocycles. The van der Waals surface area contributed by atoms with Gasteiger partial charge in [0.05, 0.1) is 5.56 Å². The van der Waals surface area contributed by atoms with Gasteiger partial charge in [-0.15, -0.1) is 0 Å². The zero-order valence-corrected chi connectivity index (χ0v) is 10.5. The van der Waals surface area contributed by atoms with Crippen LogP contribution in [-0.2, 0) is 0 Å². The minimum Gasteiger partial charge on any atom is -0.478 e. The molecular weight excluding hydrogens is 270 g/mol. The van der Waals surface area contributed by atoms with Crippen LogP contribution >= 0.6 is 15.9 Å². The van der Waals surface area contributed by atoms with Gasteiger partial charge in [0, 0.05) is 11.0 Å². The summed E-state index contributed by atoms with van der Waals surface area (Å²) >= 11 is 3.46. The number of carboxylic acids is 1. The number of halogens is 1. The van der Waals surface area contributed by atoms with Crippen molar-refractivity contribution in [3.8, 4) is 0 Å². The first kappa shape index (κ1) is 11.6. The van der Waals surface area contributed by atoms with Crippen molar-refractivity contribution in [3.63, 3.8) is 0 Å². The molecule has 2 N–H and O–H groups in total. The predicted octanol–water partition coefficient (Wildman–Crippen LogP) is 2.61. The molecule has 0 saturated carbocycles. The quantitative estimate of drug-likeness (QED) is 0.877. The van der Waals surface area contributed by atoms with E-state index in [1.54, 1.807) is 12.1 Å². The molecule has 1 heterocycles. The molecule has 1 aliphatic heterocycles. The van der Waals surface area contributed by atoms with Gasteiger partial charge in [0.25, 0.3) is 0 Å². The highest BCUT2D eigenvalue weighted by atomic mass is 79.9. The Morgan fingerprint density at radius 1 is 1.50 bits per heavy atom. The summed E-state index contributed by atoms with van der Waals surface area (Å²) in [4.78, 5) is 10.8. The summed E-state index contributed by atoms with van der Waals surface area (Å²) in [6.07, 6.45) is 2.34. The molecule has 0 amide bonds. The van der Waals surface area contributed by atoms with Crippen molar-refractivity contribution >= 4 is 21.9 Å². The first-order valence-corrected chi connectivity index (χ1v) is 6.21. The molecule has 0 radical (unpaired) electrons. The molecule has 1 aliphatic rings. The number of carbonyl (C=O) groups is 1. The molecule has 3 nitrogen and oxygen atoms in total. The second kappa shape index (κ2) is 4.97. The van der Waals surface area contributed by atoms with E-state index < -0.39 is 5.97 Å². The van der Waals surface area contributed by atoms with Gasteiger partial charge in [0.2, 0.25) is 0 Å². The molecule has 0 bridgehead atoms. The van der Waals surface area contributed by atoms with E-state index in [-0.39, 0.29) is 0 Å². The van der Waals surface area contributed by atoms with Crippen molar-refractivity contribution < 1.29 is 9.90 Å². The fourth-order valence-corrected chi connectivity index (χ4v) is 2.81. The lowest BCUT2D eigenvalue weighted by atomic mass is 9.91. The first-order chi connectivity index (χ1) is 7.68. The third kappa shape index (κ3) is 2.44. The van der Waals surface area contributed by atoms with Crippen LogP contribution in [0, 0.1) is 0 Å². The first-order valence-electron chi connectivity index (χ1n) is 5.42. The lowest BCUT2D eigenvalue weighted by Gasteiger charge is -2.24. The van der Waals surface area contributed by atoms with Crippen molar-refractivity contribution in [1.29, 1.82) is 0 Å². The molecule has 0 aromatic heterocycles. The number of hydrogen-bond acceptors (Lipinski definition) is 2. The Balaban J connectivity index is 2.24. The van der Waals surface area contributed by atoms with Crippen LogP contribution in [-0.4, -0.2) is 24.2 Å².